The van der Waals surface area contributed by atoms with Crippen molar-refractivity contribution in [3.8, 4) is 0 Å². The van der Waals surface area contributed by atoms with Crippen LogP contribution in [-0.2, 0) is 28.4 Å². The molecule has 0 unspecified atom stereocenters. The van der Waals surface area contributed by atoms with Crippen LogP contribution in [0, 0.1) is 45.3 Å². The van der Waals surface area contributed by atoms with Gasteiger partial charge < -0.3 is 89.7 Å². The number of rotatable bonds is 13. The average molecular weight is 947 g/mol. The second-order valence-electron chi connectivity index (χ2n) is 22.9. The van der Waals surface area contributed by atoms with E-state index in [2.05, 4.69) is 40.7 Å². The zero-order valence-electron chi connectivity index (χ0n) is 40.0. The zero-order valence-corrected chi connectivity index (χ0v) is 40.0. The molecule has 382 valence electrons. The van der Waals surface area contributed by atoms with Crippen LogP contribution in [0.4, 0.5) is 0 Å². The Bertz CT molecular complexity index is 1680. The Morgan fingerprint density at radius 3 is 1.71 bits per heavy atom. The fourth-order valence-corrected chi connectivity index (χ4v) is 14.9. The molecule has 7 rings (SSSR count). The molecule has 3 heterocycles. The summed E-state index contributed by atoms with van der Waals surface area (Å²) >= 11 is 0. The number of aliphatic hydroxyl groups is 12. The van der Waals surface area contributed by atoms with Crippen LogP contribution in [-0.4, -0.2) is 191 Å². The lowest BCUT2D eigenvalue weighted by atomic mass is 9.35. The van der Waals surface area contributed by atoms with Crippen LogP contribution in [0.15, 0.2) is 11.6 Å². The molecular weight excluding hydrogens is 865 g/mol. The highest BCUT2D eigenvalue weighted by atomic mass is 16.8. The highest BCUT2D eigenvalue weighted by Gasteiger charge is 2.72. The number of ether oxygens (including phenoxy) is 6. The van der Waals surface area contributed by atoms with E-state index in [0.29, 0.717) is 25.7 Å². The third-order valence-electron chi connectivity index (χ3n) is 18.8. The van der Waals surface area contributed by atoms with Gasteiger partial charge in [-0.2, -0.15) is 0 Å². The summed E-state index contributed by atoms with van der Waals surface area (Å²) in [6.45, 7) is 15.5. The lowest BCUT2D eigenvalue weighted by Gasteiger charge is -2.71. The summed E-state index contributed by atoms with van der Waals surface area (Å²) in [5.41, 5.74) is -1.12. The first-order valence-corrected chi connectivity index (χ1v) is 24.4. The van der Waals surface area contributed by atoms with E-state index in [0.717, 1.165) is 37.7 Å². The number of hydrogen-bond donors (Lipinski definition) is 12. The molecule has 25 atom stereocenters. The van der Waals surface area contributed by atoms with Gasteiger partial charge in [-0.05, 0) is 124 Å². The maximum Gasteiger partial charge on any atom is 0.187 e. The predicted molar refractivity (Wildman–Crippen MR) is 234 cm³/mol. The first kappa shape index (κ1) is 52.8. The molecule has 4 saturated carbocycles. The van der Waals surface area contributed by atoms with Crippen molar-refractivity contribution in [1.82, 2.24) is 0 Å². The van der Waals surface area contributed by atoms with Gasteiger partial charge in [0, 0.05) is 0 Å². The van der Waals surface area contributed by atoms with Crippen molar-refractivity contribution in [2.75, 3.05) is 19.8 Å². The standard InChI is InChI=1S/C48H82O18/c1-22(2)10-9-14-48(8,66-42-39(60)36(57)33(54)26(20-50)62-42)23-11-16-47(7)31(23)24(52)18-29-45(5)15-13-30(44(3,4)28(45)12-17-46(29,47)6)64-43-40(37(58)34(55)27(21-51)63-43)65-41-38(59)35(56)32(53)25(19-49)61-41/h10,23-43,49-60H,9,11-21H2,1-8H3/t23-,24+,25+,26+,27+,28-,29+,30-,31+,32+,33+,34+,35-,36-,37-,38+,39+,40+,41-,42-,43-,45-,46+,47+,48-/m0/s1. The number of fused-ring (bicyclic) bond motifs is 5. The lowest BCUT2D eigenvalue weighted by Crippen LogP contribution is -2.68. The van der Waals surface area contributed by atoms with E-state index >= 15 is 0 Å². The van der Waals surface area contributed by atoms with E-state index in [-0.39, 0.29) is 39.9 Å². The van der Waals surface area contributed by atoms with Crippen molar-refractivity contribution in [3.63, 3.8) is 0 Å². The monoisotopic (exact) mass is 947 g/mol. The van der Waals surface area contributed by atoms with E-state index in [1.54, 1.807) is 0 Å². The Hall–Kier alpha value is -0.980. The smallest absolute Gasteiger partial charge is 0.187 e. The minimum absolute atomic E-state index is 0.0905. The average Bonchev–Trinajstić information content (AvgIpc) is 3.65. The second kappa shape index (κ2) is 19.6. The van der Waals surface area contributed by atoms with E-state index in [4.69, 9.17) is 28.4 Å². The molecule has 0 spiro atoms. The van der Waals surface area contributed by atoms with Crippen LogP contribution in [0.1, 0.15) is 113 Å². The normalized spacial score (nSPS) is 52.4. The van der Waals surface area contributed by atoms with Crippen molar-refractivity contribution in [2.45, 2.75) is 223 Å². The molecule has 0 aromatic heterocycles. The third kappa shape index (κ3) is 8.79. The van der Waals surface area contributed by atoms with E-state index in [1.807, 2.05) is 20.8 Å². The van der Waals surface area contributed by atoms with Crippen molar-refractivity contribution < 1.29 is 89.7 Å². The zero-order chi connectivity index (χ0) is 48.6. The van der Waals surface area contributed by atoms with Crippen LogP contribution in [0.2, 0.25) is 0 Å². The van der Waals surface area contributed by atoms with Gasteiger partial charge in [-0.15, -0.1) is 0 Å². The van der Waals surface area contributed by atoms with Gasteiger partial charge >= 0.3 is 0 Å². The van der Waals surface area contributed by atoms with Crippen LogP contribution >= 0.6 is 0 Å². The predicted octanol–water partition coefficient (Wildman–Crippen LogP) is -0.0268. The minimum Gasteiger partial charge on any atom is -0.394 e. The van der Waals surface area contributed by atoms with Gasteiger partial charge in [0.05, 0.1) is 37.6 Å². The van der Waals surface area contributed by atoms with Gasteiger partial charge in [-0.3, -0.25) is 0 Å². The molecule has 3 saturated heterocycles. The Balaban J connectivity index is 1.13. The van der Waals surface area contributed by atoms with Crippen LogP contribution in [0.25, 0.3) is 0 Å². The maximum atomic E-state index is 12.7. The molecule has 12 N–H and O–H groups in total. The molecular formula is C48H82O18. The molecule has 0 aromatic rings. The largest absolute Gasteiger partial charge is 0.394 e. The van der Waals surface area contributed by atoms with Crippen molar-refractivity contribution >= 4 is 0 Å². The Labute approximate surface area is 388 Å². The minimum atomic E-state index is -1.79. The lowest BCUT2D eigenvalue weighted by molar-refractivity contribution is -0.378. The molecule has 18 nitrogen and oxygen atoms in total. The molecule has 3 aliphatic heterocycles. The number of aliphatic hydroxyl groups excluding tert-OH is 12. The van der Waals surface area contributed by atoms with Gasteiger partial charge in [0.2, 0.25) is 0 Å². The number of allylic oxidation sites excluding steroid dienone is 2. The molecule has 66 heavy (non-hydrogen) atoms. The van der Waals surface area contributed by atoms with E-state index < -0.39 is 135 Å². The molecule has 0 radical (unpaired) electrons. The summed E-state index contributed by atoms with van der Waals surface area (Å²) in [7, 11) is 0. The molecule has 4 aliphatic carbocycles. The van der Waals surface area contributed by atoms with E-state index in [1.165, 1.54) is 0 Å². The van der Waals surface area contributed by atoms with Crippen LogP contribution < -0.4 is 0 Å². The van der Waals surface area contributed by atoms with Gasteiger partial charge in [0.15, 0.2) is 18.9 Å². The molecule has 7 fully saturated rings. The Morgan fingerprint density at radius 2 is 1.14 bits per heavy atom. The van der Waals surface area contributed by atoms with Crippen LogP contribution in [0.5, 0.6) is 0 Å². The quantitative estimate of drug-likeness (QED) is 0.0853. The summed E-state index contributed by atoms with van der Waals surface area (Å²) < 4.78 is 37.2. The fourth-order valence-electron chi connectivity index (χ4n) is 14.9. The summed E-state index contributed by atoms with van der Waals surface area (Å²) in [6, 6.07) is 0. The summed E-state index contributed by atoms with van der Waals surface area (Å²) in [6.07, 6.45) is -15.4. The maximum absolute atomic E-state index is 12.7. The molecule has 18 heteroatoms. The van der Waals surface area contributed by atoms with Crippen molar-refractivity contribution in [3.05, 3.63) is 11.6 Å². The Morgan fingerprint density at radius 1 is 0.606 bits per heavy atom. The second-order valence-corrected chi connectivity index (χ2v) is 22.9. The number of hydrogen-bond acceptors (Lipinski definition) is 18. The molecule has 0 amide bonds. The SMILES string of the molecule is CC(C)=CCC[C@](C)(O[C@@H]1O[C@H](CO)[C@@H](O)[C@H](O)[C@H]1O)[C@H]1CC[C@]2(C)[C@H]1[C@H](O)C[C@@H]1[C@@]3(C)CC[C@H](O[C@@H]4O[C@H](CO)[C@@H](O)[C@H](O)[C@H]4O[C@@H]4O[C@H](CO)[C@@H](O)[C@H](O)[C@H]4O)C(C)(C)[C@@H]3CC[C@]12C. The molecule has 0 bridgehead atoms. The first-order chi connectivity index (χ1) is 30.8. The van der Waals surface area contributed by atoms with Gasteiger partial charge in [0.1, 0.15) is 73.2 Å². The topological polar surface area (TPSA) is 298 Å². The van der Waals surface area contributed by atoms with Crippen molar-refractivity contribution in [2.24, 2.45) is 45.3 Å². The summed E-state index contributed by atoms with van der Waals surface area (Å²) in [5, 5.41) is 129. The highest BCUT2D eigenvalue weighted by Crippen LogP contribution is 2.76. The van der Waals surface area contributed by atoms with E-state index in [9.17, 15) is 61.3 Å². The fraction of sp³-hybridized carbons (Fsp3) is 0.958. The Kier molecular flexibility index (Phi) is 15.7. The molecule has 0 aromatic carbocycles. The highest BCUT2D eigenvalue weighted by molar-refractivity contribution is 5.20. The third-order valence-corrected chi connectivity index (χ3v) is 18.8. The summed E-state index contributed by atoms with van der Waals surface area (Å²) in [5.74, 6) is -0.151. The van der Waals surface area contributed by atoms with Gasteiger partial charge in [0.25, 0.3) is 0 Å². The van der Waals surface area contributed by atoms with Crippen LogP contribution in [0.3, 0.4) is 0 Å². The summed E-state index contributed by atoms with van der Waals surface area (Å²) in [4.78, 5) is 0. The van der Waals surface area contributed by atoms with Gasteiger partial charge in [-0.1, -0.05) is 46.3 Å². The molecule has 7 aliphatic rings. The first-order valence-electron chi connectivity index (χ1n) is 24.4. The van der Waals surface area contributed by atoms with Crippen molar-refractivity contribution in [1.29, 1.82) is 0 Å². The van der Waals surface area contributed by atoms with Gasteiger partial charge in [-0.25, -0.2) is 0 Å².